The Balaban J connectivity index is 1.96. The number of halogens is 1. The van der Waals surface area contributed by atoms with Crippen molar-refractivity contribution in [2.75, 3.05) is 13.1 Å². The van der Waals surface area contributed by atoms with Crippen LogP contribution in [-0.4, -0.2) is 32.3 Å². The smallest absolute Gasteiger partial charge is 0.270 e. The largest absolute Gasteiger partial charge is 0.465 e. The van der Waals surface area contributed by atoms with Gasteiger partial charge in [-0.3, -0.25) is 14.9 Å². The number of nitro benzene ring substituents is 1. The lowest BCUT2D eigenvalue weighted by Crippen LogP contribution is -2.34. The molecule has 9 nitrogen and oxygen atoms in total. The van der Waals surface area contributed by atoms with Gasteiger partial charge in [-0.15, -0.1) is 0 Å². The number of sulfonamides is 1. The molecule has 0 saturated carbocycles. The van der Waals surface area contributed by atoms with Crippen LogP contribution in [0.15, 0.2) is 38.1 Å². The molecular formula is C15H16BrN3O6S. The number of nitrogens with zero attached hydrogens (tertiary/aromatic N) is 1. The molecule has 2 rings (SSSR count). The minimum Gasteiger partial charge on any atom is -0.465 e. The first kappa shape index (κ1) is 20.1. The fourth-order valence-electron chi connectivity index (χ4n) is 2.21. The Bertz CT molecular complexity index is 954. The van der Waals surface area contributed by atoms with Crippen molar-refractivity contribution < 1.29 is 22.6 Å². The maximum Gasteiger partial charge on any atom is 0.270 e. The van der Waals surface area contributed by atoms with Gasteiger partial charge in [0.2, 0.25) is 10.0 Å². The van der Waals surface area contributed by atoms with E-state index >= 15 is 0 Å². The molecule has 0 fully saturated rings. The van der Waals surface area contributed by atoms with Crippen LogP contribution in [0.2, 0.25) is 0 Å². The number of hydrogen-bond donors (Lipinski definition) is 2. The second-order valence-electron chi connectivity index (χ2n) is 5.31. The summed E-state index contributed by atoms with van der Waals surface area (Å²) in [5.41, 5.74) is 0.0286. The number of amides is 1. The van der Waals surface area contributed by atoms with Crippen molar-refractivity contribution in [1.29, 1.82) is 0 Å². The number of non-ortho nitro benzene ring substituents is 1. The van der Waals surface area contributed by atoms with Gasteiger partial charge in [0, 0.05) is 25.2 Å². The molecule has 1 heterocycles. The van der Waals surface area contributed by atoms with Crippen LogP contribution in [0, 0.1) is 24.0 Å². The molecule has 0 aliphatic carbocycles. The van der Waals surface area contributed by atoms with Crippen LogP contribution in [-0.2, 0) is 10.0 Å². The van der Waals surface area contributed by atoms with E-state index in [1.54, 1.807) is 13.8 Å². The average Bonchev–Trinajstić information content (AvgIpc) is 2.84. The van der Waals surface area contributed by atoms with E-state index < -0.39 is 20.9 Å². The van der Waals surface area contributed by atoms with Gasteiger partial charge in [0.1, 0.15) is 11.5 Å². The summed E-state index contributed by atoms with van der Waals surface area (Å²) in [6.07, 6.45) is 0. The van der Waals surface area contributed by atoms with Crippen LogP contribution < -0.4 is 10.0 Å². The molecular weight excluding hydrogens is 430 g/mol. The monoisotopic (exact) mass is 445 g/mol. The minimum atomic E-state index is -3.92. The molecule has 0 aliphatic rings. The quantitative estimate of drug-likeness (QED) is 0.381. The molecule has 0 aliphatic heterocycles. The number of furan rings is 1. The van der Waals surface area contributed by atoms with Crippen molar-refractivity contribution in [2.24, 2.45) is 0 Å². The minimum absolute atomic E-state index is 0.0309. The lowest BCUT2D eigenvalue weighted by atomic mass is 10.2. The van der Waals surface area contributed by atoms with Gasteiger partial charge in [0.25, 0.3) is 11.6 Å². The number of hydrogen-bond acceptors (Lipinski definition) is 6. The fourth-order valence-corrected chi connectivity index (χ4v) is 3.82. The number of aryl methyl sites for hydroxylation is 2. The number of benzene rings is 1. The topological polar surface area (TPSA) is 132 Å². The second kappa shape index (κ2) is 7.98. The molecule has 26 heavy (non-hydrogen) atoms. The highest BCUT2D eigenvalue weighted by atomic mass is 79.9. The predicted molar refractivity (Wildman–Crippen MR) is 96.5 cm³/mol. The summed E-state index contributed by atoms with van der Waals surface area (Å²) in [6.45, 7) is 3.31. The van der Waals surface area contributed by atoms with Crippen LogP contribution in [0.4, 0.5) is 5.69 Å². The van der Waals surface area contributed by atoms with E-state index in [4.69, 9.17) is 4.42 Å². The molecule has 0 saturated heterocycles. The lowest BCUT2D eigenvalue weighted by Gasteiger charge is -2.08. The van der Waals surface area contributed by atoms with E-state index in [9.17, 15) is 23.3 Å². The lowest BCUT2D eigenvalue weighted by molar-refractivity contribution is -0.385. The Morgan fingerprint density at radius 3 is 2.54 bits per heavy atom. The van der Waals surface area contributed by atoms with Gasteiger partial charge in [0.15, 0.2) is 0 Å². The van der Waals surface area contributed by atoms with E-state index in [1.165, 1.54) is 18.2 Å². The maximum absolute atomic E-state index is 12.2. The van der Waals surface area contributed by atoms with E-state index in [1.807, 2.05) is 0 Å². The third-order valence-corrected chi connectivity index (χ3v) is 5.87. The number of carbonyl (C=O) groups excluding carboxylic acids is 1. The second-order valence-corrected chi connectivity index (χ2v) is 7.87. The summed E-state index contributed by atoms with van der Waals surface area (Å²) < 4.78 is 32.5. The molecule has 1 amide bonds. The molecule has 2 N–H and O–H groups in total. The normalized spacial score (nSPS) is 11.3. The first-order valence-electron chi connectivity index (χ1n) is 7.41. The van der Waals surface area contributed by atoms with Crippen molar-refractivity contribution in [3.8, 4) is 0 Å². The number of nitrogens with one attached hydrogen (secondary N) is 2. The highest BCUT2D eigenvalue weighted by Crippen LogP contribution is 2.27. The van der Waals surface area contributed by atoms with Gasteiger partial charge in [-0.05, 0) is 35.8 Å². The molecule has 0 unspecified atom stereocenters. The highest BCUT2D eigenvalue weighted by Gasteiger charge is 2.20. The molecule has 0 spiro atoms. The summed E-state index contributed by atoms with van der Waals surface area (Å²) in [5, 5.41) is 13.3. The zero-order chi connectivity index (χ0) is 19.5. The maximum atomic E-state index is 12.2. The van der Waals surface area contributed by atoms with E-state index in [-0.39, 0.29) is 23.7 Å². The first-order chi connectivity index (χ1) is 12.1. The van der Waals surface area contributed by atoms with Gasteiger partial charge in [-0.1, -0.05) is 6.07 Å². The molecule has 0 bridgehead atoms. The fraction of sp³-hybridized carbons (Fsp3) is 0.267. The summed E-state index contributed by atoms with van der Waals surface area (Å²) >= 11 is 3.27. The molecule has 0 radical (unpaired) electrons. The number of carbonyl (C=O) groups is 1. The van der Waals surface area contributed by atoms with Crippen LogP contribution >= 0.6 is 15.9 Å². The van der Waals surface area contributed by atoms with Gasteiger partial charge < -0.3 is 9.73 Å². The van der Waals surface area contributed by atoms with Gasteiger partial charge in [-0.2, -0.15) is 0 Å². The Kier molecular flexibility index (Phi) is 6.16. The molecule has 1 aromatic heterocycles. The Labute approximate surface area is 158 Å². The highest BCUT2D eigenvalue weighted by molar-refractivity contribution is 9.10. The Hall–Kier alpha value is -2.24. The zero-order valence-corrected chi connectivity index (χ0v) is 16.3. The van der Waals surface area contributed by atoms with Gasteiger partial charge >= 0.3 is 0 Å². The third kappa shape index (κ3) is 4.48. The Morgan fingerprint density at radius 1 is 1.27 bits per heavy atom. The predicted octanol–water partition coefficient (Wildman–Crippen LogP) is 2.28. The SMILES string of the molecule is Cc1oc(C)c(C(=O)NCCNS(=O)(=O)c2cccc([N+](=O)[O-])c2)c1Br. The number of nitro groups is 1. The van der Waals surface area contributed by atoms with Crippen molar-refractivity contribution in [3.63, 3.8) is 0 Å². The van der Waals surface area contributed by atoms with Crippen LogP contribution in [0.3, 0.4) is 0 Å². The van der Waals surface area contributed by atoms with Crippen molar-refractivity contribution in [2.45, 2.75) is 18.7 Å². The number of rotatable bonds is 7. The summed E-state index contributed by atoms with van der Waals surface area (Å²) in [5.74, 6) is 0.615. The van der Waals surface area contributed by atoms with Crippen LogP contribution in [0.5, 0.6) is 0 Å². The molecule has 140 valence electrons. The Morgan fingerprint density at radius 2 is 1.96 bits per heavy atom. The van der Waals surface area contributed by atoms with Crippen LogP contribution in [0.25, 0.3) is 0 Å². The molecule has 0 atom stereocenters. The molecule has 1 aromatic carbocycles. The van der Waals surface area contributed by atoms with E-state index in [2.05, 4.69) is 26.0 Å². The average molecular weight is 446 g/mol. The van der Waals surface area contributed by atoms with Crippen molar-refractivity contribution in [1.82, 2.24) is 10.0 Å². The van der Waals surface area contributed by atoms with E-state index in [0.717, 1.165) is 6.07 Å². The third-order valence-electron chi connectivity index (χ3n) is 3.46. The van der Waals surface area contributed by atoms with Crippen LogP contribution in [0.1, 0.15) is 21.9 Å². The summed E-state index contributed by atoms with van der Waals surface area (Å²) in [7, 11) is -3.92. The summed E-state index contributed by atoms with van der Waals surface area (Å²) in [6, 6.07) is 4.71. The van der Waals surface area contributed by atoms with Crippen molar-refractivity contribution in [3.05, 3.63) is 55.9 Å². The van der Waals surface area contributed by atoms with Crippen molar-refractivity contribution >= 4 is 37.5 Å². The standard InChI is InChI=1S/C15H16BrN3O6S/c1-9-13(14(16)10(2)25-9)15(20)17-6-7-18-26(23,24)12-5-3-4-11(8-12)19(21)22/h3-5,8,18H,6-7H2,1-2H3,(H,17,20). The van der Waals surface area contributed by atoms with Gasteiger partial charge in [0.05, 0.1) is 19.9 Å². The zero-order valence-electron chi connectivity index (χ0n) is 13.9. The molecule has 11 heteroatoms. The summed E-state index contributed by atoms with van der Waals surface area (Å²) in [4.78, 5) is 22.0. The van der Waals surface area contributed by atoms with E-state index in [0.29, 0.717) is 21.6 Å². The molecule has 2 aromatic rings. The first-order valence-corrected chi connectivity index (χ1v) is 9.69. The van der Waals surface area contributed by atoms with Gasteiger partial charge in [-0.25, -0.2) is 13.1 Å².